The van der Waals surface area contributed by atoms with Crippen molar-refractivity contribution in [1.29, 1.82) is 0 Å². The number of anilines is 3. The van der Waals surface area contributed by atoms with E-state index in [2.05, 4.69) is 63.4 Å². The summed E-state index contributed by atoms with van der Waals surface area (Å²) in [5.74, 6) is 2.70. The third-order valence-corrected chi connectivity index (χ3v) is 7.41. The van der Waals surface area contributed by atoms with Gasteiger partial charge in [-0.05, 0) is 30.4 Å². The first-order valence-corrected chi connectivity index (χ1v) is 13.5. The monoisotopic (exact) mass is 516 g/mol. The number of para-hydroxylation sites is 1. The summed E-state index contributed by atoms with van der Waals surface area (Å²) in [5, 5.41) is 16.2. The lowest BCUT2D eigenvalue weighted by atomic mass is 10.1. The molecule has 0 aliphatic carbocycles. The first-order valence-electron chi connectivity index (χ1n) is 13.5. The minimum atomic E-state index is 0.246. The van der Waals surface area contributed by atoms with Crippen molar-refractivity contribution < 1.29 is 4.74 Å². The Kier molecular flexibility index (Phi) is 6.86. The van der Waals surface area contributed by atoms with Crippen molar-refractivity contribution in [3.63, 3.8) is 0 Å². The molecule has 11 nitrogen and oxygen atoms in total. The lowest BCUT2D eigenvalue weighted by Crippen LogP contribution is -2.40. The van der Waals surface area contributed by atoms with Crippen LogP contribution < -0.4 is 20.9 Å². The molecule has 0 unspecified atom stereocenters. The molecule has 6 rings (SSSR count). The number of morpholine rings is 1. The molecule has 5 heterocycles. The maximum Gasteiger partial charge on any atom is 0.228 e. The van der Waals surface area contributed by atoms with Crippen LogP contribution in [0.5, 0.6) is 0 Å². The minimum Gasteiger partial charge on any atom is -0.378 e. The average molecular weight is 517 g/mol. The fraction of sp³-hybridized carbons (Fsp3) is 0.481. The number of fused-ring (bicyclic) bond motifs is 1. The number of aromatic amines is 1. The Labute approximate surface area is 222 Å². The van der Waals surface area contributed by atoms with Crippen LogP contribution in [0.15, 0.2) is 36.5 Å². The zero-order chi connectivity index (χ0) is 26.1. The molecule has 200 valence electrons. The second-order valence-electron chi connectivity index (χ2n) is 10.4. The summed E-state index contributed by atoms with van der Waals surface area (Å²) in [4.78, 5) is 14.4. The molecule has 0 saturated carbocycles. The molecule has 4 aromatic rings. The Morgan fingerprint density at radius 3 is 2.61 bits per heavy atom. The van der Waals surface area contributed by atoms with Crippen molar-refractivity contribution in [1.82, 2.24) is 29.9 Å². The van der Waals surface area contributed by atoms with Crippen LogP contribution in [-0.2, 0) is 11.3 Å². The summed E-state index contributed by atoms with van der Waals surface area (Å²) in [5.41, 5.74) is 10.9. The van der Waals surface area contributed by atoms with E-state index in [1.807, 2.05) is 16.9 Å². The highest BCUT2D eigenvalue weighted by molar-refractivity contribution is 5.88. The Hall–Kier alpha value is -3.70. The molecule has 11 heteroatoms. The number of nitrogens with zero attached hydrogens (tertiary/aromatic N) is 7. The highest BCUT2D eigenvalue weighted by Gasteiger charge is 2.23. The lowest BCUT2D eigenvalue weighted by Gasteiger charge is -2.30. The molecule has 3 aromatic heterocycles. The van der Waals surface area contributed by atoms with Crippen molar-refractivity contribution in [3.8, 4) is 5.69 Å². The molecule has 0 bridgehead atoms. The van der Waals surface area contributed by atoms with Gasteiger partial charge >= 0.3 is 0 Å². The normalized spacial score (nSPS) is 17.1. The minimum absolute atomic E-state index is 0.246. The van der Waals surface area contributed by atoms with Crippen molar-refractivity contribution in [2.75, 3.05) is 54.5 Å². The smallest absolute Gasteiger partial charge is 0.228 e. The number of nitrogens with one attached hydrogen (secondary N) is 2. The van der Waals surface area contributed by atoms with E-state index in [0.717, 1.165) is 97.8 Å². The summed E-state index contributed by atoms with van der Waals surface area (Å²) < 4.78 is 7.44. The predicted octanol–water partition coefficient (Wildman–Crippen LogP) is 3.04. The van der Waals surface area contributed by atoms with Gasteiger partial charge in [-0.2, -0.15) is 15.2 Å². The van der Waals surface area contributed by atoms with Gasteiger partial charge in [0.05, 0.1) is 24.6 Å². The third kappa shape index (κ3) is 4.91. The van der Waals surface area contributed by atoms with Crippen LogP contribution >= 0.6 is 0 Å². The Morgan fingerprint density at radius 1 is 1.03 bits per heavy atom. The molecule has 0 atom stereocenters. The van der Waals surface area contributed by atoms with Gasteiger partial charge in [-0.1, -0.05) is 32.0 Å². The van der Waals surface area contributed by atoms with Crippen LogP contribution in [0, 0.1) is 0 Å². The number of rotatable bonds is 7. The van der Waals surface area contributed by atoms with Crippen molar-refractivity contribution in [2.24, 2.45) is 5.73 Å². The number of hydrogen-bond donors (Lipinski definition) is 3. The van der Waals surface area contributed by atoms with Crippen LogP contribution in [0.2, 0.25) is 0 Å². The third-order valence-electron chi connectivity index (χ3n) is 7.41. The number of piperidine rings is 1. The maximum atomic E-state index is 6.15. The molecule has 0 amide bonds. The fourth-order valence-electron chi connectivity index (χ4n) is 5.14. The molecule has 0 spiro atoms. The Morgan fingerprint density at radius 2 is 1.82 bits per heavy atom. The van der Waals surface area contributed by atoms with Gasteiger partial charge in [-0.3, -0.25) is 5.10 Å². The SMILES string of the molecule is CC(C)c1[nH]nc2c(NCc3ccccc3-n3ccc(N4CCOCC4)n3)nc(N3CCC(N)CC3)nc12. The van der Waals surface area contributed by atoms with Crippen LogP contribution in [0.1, 0.15) is 43.9 Å². The van der Waals surface area contributed by atoms with Gasteiger partial charge < -0.3 is 25.6 Å². The second-order valence-corrected chi connectivity index (χ2v) is 10.4. The topological polar surface area (TPSA) is 126 Å². The molecular formula is C27H36N10O. The van der Waals surface area contributed by atoms with Gasteiger partial charge in [0.15, 0.2) is 17.2 Å². The highest BCUT2D eigenvalue weighted by Crippen LogP contribution is 2.29. The van der Waals surface area contributed by atoms with Gasteiger partial charge in [0.2, 0.25) is 5.95 Å². The summed E-state index contributed by atoms with van der Waals surface area (Å²) in [6.45, 7) is 9.76. The zero-order valence-corrected chi connectivity index (χ0v) is 22.1. The van der Waals surface area contributed by atoms with E-state index in [-0.39, 0.29) is 12.0 Å². The van der Waals surface area contributed by atoms with Crippen molar-refractivity contribution in [3.05, 3.63) is 47.8 Å². The highest BCUT2D eigenvalue weighted by atomic mass is 16.5. The summed E-state index contributed by atoms with van der Waals surface area (Å²) in [6.07, 6.45) is 3.90. The largest absolute Gasteiger partial charge is 0.378 e. The molecule has 4 N–H and O–H groups in total. The number of benzene rings is 1. The maximum absolute atomic E-state index is 6.15. The van der Waals surface area contributed by atoms with Gasteiger partial charge in [-0.15, -0.1) is 0 Å². The van der Waals surface area contributed by atoms with E-state index in [0.29, 0.717) is 6.54 Å². The molecule has 1 aromatic carbocycles. The summed E-state index contributed by atoms with van der Waals surface area (Å²) in [6, 6.07) is 10.6. The summed E-state index contributed by atoms with van der Waals surface area (Å²) in [7, 11) is 0. The van der Waals surface area contributed by atoms with Crippen LogP contribution in [-0.4, -0.2) is 75.4 Å². The second kappa shape index (κ2) is 10.6. The zero-order valence-electron chi connectivity index (χ0n) is 22.1. The molecule has 38 heavy (non-hydrogen) atoms. The van der Waals surface area contributed by atoms with E-state index >= 15 is 0 Å². The van der Waals surface area contributed by atoms with Crippen molar-refractivity contribution in [2.45, 2.75) is 45.2 Å². The standard InChI is InChI=1S/C27H36N10O/c1-18(2)23-24-25(33-32-23)26(31-27(30-24)36-10-7-20(28)8-11-36)29-17-19-5-3-4-6-21(19)37-12-9-22(34-37)35-13-15-38-16-14-35/h3-6,9,12,18,20H,7-8,10-11,13-17,28H2,1-2H3,(H,32,33)(H,29,30,31). The van der Waals surface area contributed by atoms with Crippen LogP contribution in [0.3, 0.4) is 0 Å². The van der Waals surface area contributed by atoms with Gasteiger partial charge in [0.1, 0.15) is 5.52 Å². The molecular weight excluding hydrogens is 480 g/mol. The number of nitrogens with two attached hydrogens (primary N) is 1. The van der Waals surface area contributed by atoms with E-state index in [4.69, 9.17) is 25.5 Å². The summed E-state index contributed by atoms with van der Waals surface area (Å²) >= 11 is 0. The Bertz CT molecular complexity index is 1380. The first-order chi connectivity index (χ1) is 18.6. The number of aromatic nitrogens is 6. The van der Waals surface area contributed by atoms with Gasteiger partial charge in [0, 0.05) is 51.0 Å². The first kappa shape index (κ1) is 24.6. The van der Waals surface area contributed by atoms with Crippen molar-refractivity contribution >= 4 is 28.6 Å². The van der Waals surface area contributed by atoms with E-state index < -0.39 is 0 Å². The van der Waals surface area contributed by atoms with E-state index in [1.54, 1.807) is 0 Å². The van der Waals surface area contributed by atoms with Crippen LogP contribution in [0.4, 0.5) is 17.6 Å². The van der Waals surface area contributed by atoms with E-state index in [1.165, 1.54) is 0 Å². The molecule has 2 aliphatic heterocycles. The average Bonchev–Trinajstić information content (AvgIpc) is 3.61. The number of H-pyrrole nitrogens is 1. The Balaban J connectivity index is 1.29. The predicted molar refractivity (Wildman–Crippen MR) is 149 cm³/mol. The molecule has 2 saturated heterocycles. The fourth-order valence-corrected chi connectivity index (χ4v) is 5.14. The lowest BCUT2D eigenvalue weighted by molar-refractivity contribution is 0.122. The van der Waals surface area contributed by atoms with Gasteiger partial charge in [0.25, 0.3) is 0 Å². The van der Waals surface area contributed by atoms with Crippen LogP contribution in [0.25, 0.3) is 16.7 Å². The van der Waals surface area contributed by atoms with Gasteiger partial charge in [-0.25, -0.2) is 9.67 Å². The quantitative estimate of drug-likeness (QED) is 0.340. The molecule has 2 aliphatic rings. The molecule has 2 fully saturated rings. The molecule has 0 radical (unpaired) electrons. The number of ether oxygens (including phenoxy) is 1. The van der Waals surface area contributed by atoms with E-state index in [9.17, 15) is 0 Å². The number of hydrogen-bond acceptors (Lipinski definition) is 9.